The SMILES string of the molecule is CN(C)CCCNc1nc(NC[C@H]2CC[C@H](CNS(=O)(=O)c3ccc(F)cc3)CC2)nc2ccccc12. The summed E-state index contributed by atoms with van der Waals surface area (Å²) in [5.74, 6) is 1.80. The van der Waals surface area contributed by atoms with Crippen molar-refractivity contribution in [3.63, 3.8) is 0 Å². The second kappa shape index (κ2) is 12.6. The molecule has 4 rings (SSSR count). The molecule has 1 heterocycles. The van der Waals surface area contributed by atoms with Crippen LogP contribution in [0.4, 0.5) is 16.2 Å². The molecule has 0 spiro atoms. The van der Waals surface area contributed by atoms with Gasteiger partial charge in [0.1, 0.15) is 11.6 Å². The summed E-state index contributed by atoms with van der Waals surface area (Å²) in [5, 5.41) is 7.93. The van der Waals surface area contributed by atoms with Crippen molar-refractivity contribution in [3.05, 3.63) is 54.3 Å². The number of sulfonamides is 1. The summed E-state index contributed by atoms with van der Waals surface area (Å²) in [4.78, 5) is 11.7. The minimum absolute atomic E-state index is 0.0914. The quantitative estimate of drug-likeness (QED) is 0.301. The van der Waals surface area contributed by atoms with Gasteiger partial charge in [0.15, 0.2) is 0 Å². The number of hydrogen-bond acceptors (Lipinski definition) is 7. The van der Waals surface area contributed by atoms with E-state index in [1.54, 1.807) is 0 Å². The van der Waals surface area contributed by atoms with Crippen molar-refractivity contribution in [3.8, 4) is 0 Å². The molecule has 0 bridgehead atoms. The Hall–Kier alpha value is -2.82. The van der Waals surface area contributed by atoms with Crippen LogP contribution in [-0.2, 0) is 10.0 Å². The molecule has 1 aliphatic carbocycles. The normalized spacial score (nSPS) is 18.3. The van der Waals surface area contributed by atoms with Crippen molar-refractivity contribution < 1.29 is 12.8 Å². The summed E-state index contributed by atoms with van der Waals surface area (Å²) >= 11 is 0. The number of nitrogens with one attached hydrogen (secondary N) is 3. The van der Waals surface area contributed by atoms with Gasteiger partial charge in [-0.2, -0.15) is 4.98 Å². The molecule has 0 saturated heterocycles. The number of rotatable bonds is 12. The van der Waals surface area contributed by atoms with E-state index in [2.05, 4.69) is 34.4 Å². The third kappa shape index (κ3) is 7.83. The Morgan fingerprint density at radius 1 is 0.919 bits per heavy atom. The highest BCUT2D eigenvalue weighted by atomic mass is 32.2. The van der Waals surface area contributed by atoms with Gasteiger partial charge in [0.2, 0.25) is 16.0 Å². The van der Waals surface area contributed by atoms with Gasteiger partial charge in [-0.25, -0.2) is 22.5 Å². The fraction of sp³-hybridized carbons (Fsp3) is 0.481. The molecule has 1 saturated carbocycles. The lowest BCUT2D eigenvalue weighted by molar-refractivity contribution is 0.284. The summed E-state index contributed by atoms with van der Waals surface area (Å²) in [6.07, 6.45) is 4.96. The highest BCUT2D eigenvalue weighted by Crippen LogP contribution is 2.29. The third-order valence-electron chi connectivity index (χ3n) is 6.88. The van der Waals surface area contributed by atoms with Crippen LogP contribution in [0.25, 0.3) is 10.9 Å². The zero-order valence-corrected chi connectivity index (χ0v) is 22.4. The number of benzene rings is 2. The lowest BCUT2D eigenvalue weighted by Gasteiger charge is -2.28. The molecule has 0 aliphatic heterocycles. The standard InChI is InChI=1S/C27H37FN6O2S/c1-34(2)17-5-16-29-26-24-6-3-4-7-25(24)32-27(33-26)30-18-20-8-10-21(11-9-20)19-31-37(35,36)23-14-12-22(28)13-15-23/h3-4,6-7,12-15,20-21,31H,5,8-11,16-19H2,1-2H3,(H2,29,30,32,33)/t20-,21-. The molecule has 1 aliphatic rings. The first-order valence-corrected chi connectivity index (χ1v) is 14.4. The largest absolute Gasteiger partial charge is 0.369 e. The van der Waals surface area contributed by atoms with Crippen LogP contribution in [0.3, 0.4) is 0 Å². The second-order valence-corrected chi connectivity index (χ2v) is 11.8. The lowest BCUT2D eigenvalue weighted by atomic mass is 9.82. The Morgan fingerprint density at radius 3 is 2.30 bits per heavy atom. The topological polar surface area (TPSA) is 99.2 Å². The first-order chi connectivity index (χ1) is 17.8. The fourth-order valence-corrected chi connectivity index (χ4v) is 5.81. The maximum Gasteiger partial charge on any atom is 0.240 e. The summed E-state index contributed by atoms with van der Waals surface area (Å²) in [6, 6.07) is 12.9. The molecule has 37 heavy (non-hydrogen) atoms. The van der Waals surface area contributed by atoms with Crippen LogP contribution in [-0.4, -0.2) is 63.6 Å². The van der Waals surface area contributed by atoms with Crippen molar-refractivity contribution in [1.82, 2.24) is 19.6 Å². The number of para-hydroxylation sites is 1. The molecule has 0 radical (unpaired) electrons. The predicted molar refractivity (Wildman–Crippen MR) is 147 cm³/mol. The van der Waals surface area contributed by atoms with Crippen LogP contribution in [0.1, 0.15) is 32.1 Å². The molecule has 0 unspecified atom stereocenters. The maximum atomic E-state index is 13.1. The van der Waals surface area contributed by atoms with E-state index in [1.165, 1.54) is 12.1 Å². The second-order valence-electron chi connectivity index (χ2n) is 10.1. The molecule has 0 amide bonds. The van der Waals surface area contributed by atoms with Gasteiger partial charge in [-0.1, -0.05) is 12.1 Å². The van der Waals surface area contributed by atoms with Gasteiger partial charge in [-0.3, -0.25) is 0 Å². The predicted octanol–water partition coefficient (Wildman–Crippen LogP) is 4.33. The van der Waals surface area contributed by atoms with Gasteiger partial charge < -0.3 is 15.5 Å². The van der Waals surface area contributed by atoms with E-state index in [1.807, 2.05) is 24.3 Å². The number of nitrogens with zero attached hydrogens (tertiary/aromatic N) is 3. The third-order valence-corrected chi connectivity index (χ3v) is 8.32. The summed E-state index contributed by atoms with van der Waals surface area (Å²) in [7, 11) is 0.518. The van der Waals surface area contributed by atoms with Crippen molar-refractivity contribution in [2.24, 2.45) is 11.8 Å². The average Bonchev–Trinajstić information content (AvgIpc) is 2.89. The van der Waals surface area contributed by atoms with E-state index >= 15 is 0 Å². The minimum Gasteiger partial charge on any atom is -0.369 e. The smallest absolute Gasteiger partial charge is 0.240 e. The molecule has 1 aromatic heterocycles. The summed E-state index contributed by atoms with van der Waals surface area (Å²) in [6.45, 7) is 3.04. The summed E-state index contributed by atoms with van der Waals surface area (Å²) < 4.78 is 40.8. The molecule has 0 atom stereocenters. The van der Waals surface area contributed by atoms with E-state index in [4.69, 9.17) is 9.97 Å². The van der Waals surface area contributed by atoms with E-state index in [9.17, 15) is 12.8 Å². The minimum atomic E-state index is -3.63. The van der Waals surface area contributed by atoms with Gasteiger partial charge in [-0.15, -0.1) is 0 Å². The first kappa shape index (κ1) is 27.2. The van der Waals surface area contributed by atoms with Crippen molar-refractivity contribution in [2.45, 2.75) is 37.0 Å². The number of aromatic nitrogens is 2. The van der Waals surface area contributed by atoms with Gasteiger partial charge >= 0.3 is 0 Å². The molecular weight excluding hydrogens is 491 g/mol. The van der Waals surface area contributed by atoms with Gasteiger partial charge in [0.25, 0.3) is 0 Å². The maximum absolute atomic E-state index is 13.1. The van der Waals surface area contributed by atoms with E-state index in [-0.39, 0.29) is 4.90 Å². The molecule has 1 fully saturated rings. The Kier molecular flexibility index (Phi) is 9.28. The Balaban J connectivity index is 1.26. The molecule has 3 aromatic rings. The highest BCUT2D eigenvalue weighted by molar-refractivity contribution is 7.89. The molecule has 2 aromatic carbocycles. The van der Waals surface area contributed by atoms with Crippen LogP contribution < -0.4 is 15.4 Å². The highest BCUT2D eigenvalue weighted by Gasteiger charge is 2.23. The van der Waals surface area contributed by atoms with Crippen LogP contribution in [0.2, 0.25) is 0 Å². The average molecular weight is 529 g/mol. The molecular formula is C27H37FN6O2S. The molecule has 200 valence electrons. The van der Waals surface area contributed by atoms with Crippen molar-refractivity contribution in [2.75, 3.05) is 50.9 Å². The van der Waals surface area contributed by atoms with Crippen LogP contribution in [0.15, 0.2) is 53.4 Å². The van der Waals surface area contributed by atoms with Crippen molar-refractivity contribution >= 4 is 32.7 Å². The Morgan fingerprint density at radius 2 is 1.59 bits per heavy atom. The van der Waals surface area contributed by atoms with Gasteiger partial charge in [0.05, 0.1) is 10.4 Å². The number of anilines is 2. The number of halogens is 1. The zero-order valence-electron chi connectivity index (χ0n) is 21.6. The van der Waals surface area contributed by atoms with E-state index in [0.29, 0.717) is 24.3 Å². The van der Waals surface area contributed by atoms with E-state index < -0.39 is 15.8 Å². The molecule has 3 N–H and O–H groups in total. The number of hydrogen-bond donors (Lipinski definition) is 3. The number of fused-ring (bicyclic) bond motifs is 1. The zero-order chi connectivity index (χ0) is 26.3. The lowest BCUT2D eigenvalue weighted by Crippen LogP contribution is -2.32. The van der Waals surface area contributed by atoms with Gasteiger partial charge in [-0.05, 0) is 101 Å². The monoisotopic (exact) mass is 528 g/mol. The van der Waals surface area contributed by atoms with E-state index in [0.717, 1.165) is 80.6 Å². The van der Waals surface area contributed by atoms with Crippen molar-refractivity contribution in [1.29, 1.82) is 0 Å². The van der Waals surface area contributed by atoms with Gasteiger partial charge in [0, 0.05) is 25.0 Å². The fourth-order valence-electron chi connectivity index (χ4n) is 4.69. The first-order valence-electron chi connectivity index (χ1n) is 12.9. The molecule has 8 nitrogen and oxygen atoms in total. The molecule has 10 heteroatoms. The van der Waals surface area contributed by atoms with Crippen LogP contribution >= 0.6 is 0 Å². The summed E-state index contributed by atoms with van der Waals surface area (Å²) in [5.41, 5.74) is 0.909. The van der Waals surface area contributed by atoms with Crippen LogP contribution in [0, 0.1) is 17.7 Å². The Labute approximate surface area is 219 Å². The van der Waals surface area contributed by atoms with Crippen LogP contribution in [0.5, 0.6) is 0 Å². The Bertz CT molecular complexity index is 1260.